The normalized spacial score (nSPS) is 13.7. The highest BCUT2D eigenvalue weighted by Crippen LogP contribution is 2.25. The maximum absolute atomic E-state index is 8.49. The number of halogens is 1. The molecule has 0 aromatic heterocycles. The Morgan fingerprint density at radius 1 is 1.50 bits per heavy atom. The molecule has 0 atom stereocenters. The molecule has 1 aromatic rings. The minimum atomic E-state index is 0.516. The molecular formula is C13H14BrN3O. The first-order chi connectivity index (χ1) is 8.81. The fourth-order valence-electron chi connectivity index (χ4n) is 1.72. The molecule has 0 radical (unpaired) electrons. The SMILES string of the molecule is N#CCCCOc1cc(Br)ccc1C1=NCCN1. The van der Waals surface area contributed by atoms with E-state index in [4.69, 9.17) is 10.00 Å². The molecule has 0 amide bonds. The molecule has 4 nitrogen and oxygen atoms in total. The Hall–Kier alpha value is -1.54. The van der Waals surface area contributed by atoms with E-state index in [9.17, 15) is 0 Å². The van der Waals surface area contributed by atoms with Gasteiger partial charge in [-0.1, -0.05) is 15.9 Å². The lowest BCUT2D eigenvalue weighted by Gasteiger charge is -2.12. The highest BCUT2D eigenvalue weighted by atomic mass is 79.9. The first kappa shape index (κ1) is 12.9. The van der Waals surface area contributed by atoms with Gasteiger partial charge in [0.2, 0.25) is 0 Å². The molecular weight excluding hydrogens is 294 g/mol. The van der Waals surface area contributed by atoms with E-state index in [1.54, 1.807) is 0 Å². The van der Waals surface area contributed by atoms with Crippen LogP contribution in [0, 0.1) is 11.3 Å². The number of rotatable bonds is 5. The van der Waals surface area contributed by atoms with E-state index in [0.717, 1.165) is 41.1 Å². The molecule has 0 spiro atoms. The van der Waals surface area contributed by atoms with Crippen LogP contribution in [0.15, 0.2) is 27.7 Å². The van der Waals surface area contributed by atoms with Gasteiger partial charge in [-0.25, -0.2) is 0 Å². The molecule has 94 valence electrons. The standard InChI is InChI=1S/C13H14BrN3O/c14-10-3-4-11(13-16-6-7-17-13)12(9-10)18-8-2-1-5-15/h3-4,9H,1-2,6-8H2,(H,16,17). The summed E-state index contributed by atoms with van der Waals surface area (Å²) in [4.78, 5) is 4.40. The van der Waals surface area contributed by atoms with Gasteiger partial charge in [-0.3, -0.25) is 4.99 Å². The lowest BCUT2D eigenvalue weighted by Crippen LogP contribution is -2.20. The van der Waals surface area contributed by atoms with Crippen molar-refractivity contribution < 1.29 is 4.74 Å². The Morgan fingerprint density at radius 3 is 3.11 bits per heavy atom. The van der Waals surface area contributed by atoms with E-state index in [2.05, 4.69) is 32.3 Å². The van der Waals surface area contributed by atoms with Crippen LogP contribution in [0.1, 0.15) is 18.4 Å². The van der Waals surface area contributed by atoms with Crippen molar-refractivity contribution in [2.45, 2.75) is 12.8 Å². The molecule has 18 heavy (non-hydrogen) atoms. The van der Waals surface area contributed by atoms with Crippen LogP contribution in [0.2, 0.25) is 0 Å². The predicted molar refractivity (Wildman–Crippen MR) is 73.9 cm³/mol. The molecule has 1 aromatic carbocycles. The molecule has 0 saturated carbocycles. The van der Waals surface area contributed by atoms with Gasteiger partial charge in [0.1, 0.15) is 11.6 Å². The first-order valence-corrected chi connectivity index (χ1v) is 6.68. The second-order valence-electron chi connectivity index (χ2n) is 3.91. The van der Waals surface area contributed by atoms with Crippen LogP contribution in [0.5, 0.6) is 5.75 Å². The predicted octanol–water partition coefficient (Wildman–Crippen LogP) is 2.48. The highest BCUT2D eigenvalue weighted by Gasteiger charge is 2.13. The molecule has 1 N–H and O–H groups in total. The number of hydrogen-bond acceptors (Lipinski definition) is 4. The molecule has 0 saturated heterocycles. The number of nitrogens with one attached hydrogen (secondary N) is 1. The van der Waals surface area contributed by atoms with Gasteiger partial charge in [0, 0.05) is 17.4 Å². The summed E-state index contributed by atoms with van der Waals surface area (Å²) in [6.45, 7) is 2.23. The lowest BCUT2D eigenvalue weighted by molar-refractivity contribution is 0.312. The Kier molecular flexibility index (Phi) is 4.59. The number of nitriles is 1. The van der Waals surface area contributed by atoms with Gasteiger partial charge in [0.25, 0.3) is 0 Å². The number of nitrogens with zero attached hydrogens (tertiary/aromatic N) is 2. The van der Waals surface area contributed by atoms with Gasteiger partial charge in [-0.05, 0) is 24.6 Å². The Balaban J connectivity index is 2.11. The second kappa shape index (κ2) is 6.41. The van der Waals surface area contributed by atoms with Crippen LogP contribution in [0.25, 0.3) is 0 Å². The molecule has 1 aliphatic rings. The van der Waals surface area contributed by atoms with Gasteiger partial charge >= 0.3 is 0 Å². The van der Waals surface area contributed by atoms with Crippen molar-refractivity contribution in [1.82, 2.24) is 5.32 Å². The van der Waals surface area contributed by atoms with Crippen LogP contribution < -0.4 is 10.1 Å². The van der Waals surface area contributed by atoms with Crippen molar-refractivity contribution in [3.63, 3.8) is 0 Å². The zero-order valence-electron chi connectivity index (χ0n) is 9.95. The lowest BCUT2D eigenvalue weighted by atomic mass is 10.2. The van der Waals surface area contributed by atoms with Gasteiger partial charge < -0.3 is 10.1 Å². The van der Waals surface area contributed by atoms with E-state index in [1.807, 2.05) is 18.2 Å². The van der Waals surface area contributed by atoms with Crippen LogP contribution in [0.3, 0.4) is 0 Å². The van der Waals surface area contributed by atoms with Crippen molar-refractivity contribution in [3.8, 4) is 11.8 Å². The van der Waals surface area contributed by atoms with Gasteiger partial charge in [0.05, 0.1) is 24.8 Å². The fraction of sp³-hybridized carbons (Fsp3) is 0.385. The molecule has 0 unspecified atom stereocenters. The molecule has 0 bridgehead atoms. The molecule has 5 heteroatoms. The van der Waals surface area contributed by atoms with E-state index in [1.165, 1.54) is 0 Å². The Labute approximate surface area is 115 Å². The number of ether oxygens (including phenoxy) is 1. The molecule has 1 aliphatic heterocycles. The van der Waals surface area contributed by atoms with Crippen molar-refractivity contribution in [2.24, 2.45) is 4.99 Å². The Morgan fingerprint density at radius 2 is 2.39 bits per heavy atom. The van der Waals surface area contributed by atoms with E-state index in [-0.39, 0.29) is 0 Å². The average Bonchev–Trinajstić information content (AvgIpc) is 2.88. The monoisotopic (exact) mass is 307 g/mol. The van der Waals surface area contributed by atoms with Crippen molar-refractivity contribution >= 4 is 21.8 Å². The topological polar surface area (TPSA) is 57.4 Å². The number of benzene rings is 1. The molecule has 1 heterocycles. The number of aliphatic imine (C=N–C) groups is 1. The third-order valence-corrected chi connectivity index (χ3v) is 3.06. The summed E-state index contributed by atoms with van der Waals surface area (Å²) in [6.07, 6.45) is 1.25. The summed E-state index contributed by atoms with van der Waals surface area (Å²) in [5, 5.41) is 11.7. The summed E-state index contributed by atoms with van der Waals surface area (Å²) in [7, 11) is 0. The smallest absolute Gasteiger partial charge is 0.132 e. The third kappa shape index (κ3) is 3.23. The first-order valence-electron chi connectivity index (χ1n) is 5.89. The summed E-state index contributed by atoms with van der Waals surface area (Å²) >= 11 is 3.43. The summed E-state index contributed by atoms with van der Waals surface area (Å²) in [5.41, 5.74) is 0.979. The Bertz CT molecular complexity index is 493. The zero-order valence-corrected chi connectivity index (χ0v) is 11.5. The maximum Gasteiger partial charge on any atom is 0.132 e. The van der Waals surface area contributed by atoms with Crippen molar-refractivity contribution in [3.05, 3.63) is 28.2 Å². The largest absolute Gasteiger partial charge is 0.493 e. The number of hydrogen-bond donors (Lipinski definition) is 1. The minimum Gasteiger partial charge on any atom is -0.493 e. The molecule has 0 fully saturated rings. The summed E-state index contributed by atoms with van der Waals surface area (Å²) in [6, 6.07) is 8.00. The average molecular weight is 308 g/mol. The van der Waals surface area contributed by atoms with Crippen LogP contribution in [0.4, 0.5) is 0 Å². The second-order valence-corrected chi connectivity index (χ2v) is 4.82. The summed E-state index contributed by atoms with van der Waals surface area (Å²) in [5.74, 6) is 1.69. The van der Waals surface area contributed by atoms with Crippen molar-refractivity contribution in [2.75, 3.05) is 19.7 Å². The molecule has 0 aliphatic carbocycles. The quantitative estimate of drug-likeness (QED) is 0.850. The van der Waals surface area contributed by atoms with Crippen LogP contribution in [-0.2, 0) is 0 Å². The summed E-state index contributed by atoms with van der Waals surface area (Å²) < 4.78 is 6.70. The third-order valence-electron chi connectivity index (χ3n) is 2.56. The van der Waals surface area contributed by atoms with Gasteiger partial charge in [-0.15, -0.1) is 0 Å². The minimum absolute atomic E-state index is 0.516. The number of amidine groups is 1. The molecule has 2 rings (SSSR count). The maximum atomic E-state index is 8.49. The van der Waals surface area contributed by atoms with Gasteiger partial charge in [-0.2, -0.15) is 5.26 Å². The van der Waals surface area contributed by atoms with Crippen molar-refractivity contribution in [1.29, 1.82) is 5.26 Å². The van der Waals surface area contributed by atoms with Gasteiger partial charge in [0.15, 0.2) is 0 Å². The van der Waals surface area contributed by atoms with Crippen LogP contribution >= 0.6 is 15.9 Å². The van der Waals surface area contributed by atoms with E-state index >= 15 is 0 Å². The highest BCUT2D eigenvalue weighted by molar-refractivity contribution is 9.10. The van der Waals surface area contributed by atoms with Crippen LogP contribution in [-0.4, -0.2) is 25.5 Å². The zero-order chi connectivity index (χ0) is 12.8. The number of unbranched alkanes of at least 4 members (excludes halogenated alkanes) is 1. The van der Waals surface area contributed by atoms with E-state index in [0.29, 0.717) is 13.0 Å². The fourth-order valence-corrected chi connectivity index (χ4v) is 2.06. The van der Waals surface area contributed by atoms with E-state index < -0.39 is 0 Å².